The number of ether oxygens (including phenoxy) is 1. The lowest BCUT2D eigenvalue weighted by Gasteiger charge is -2.34. The summed E-state index contributed by atoms with van der Waals surface area (Å²) in [4.78, 5) is 32.4. The van der Waals surface area contributed by atoms with E-state index < -0.39 is 6.36 Å². The molecule has 0 spiro atoms. The second-order valence-electron chi connectivity index (χ2n) is 7.09. The van der Waals surface area contributed by atoms with Crippen LogP contribution >= 0.6 is 11.3 Å². The van der Waals surface area contributed by atoms with Gasteiger partial charge in [0.05, 0.1) is 10.2 Å². The van der Waals surface area contributed by atoms with Crippen LogP contribution in [0.25, 0.3) is 10.2 Å². The summed E-state index contributed by atoms with van der Waals surface area (Å²) in [5.41, 5.74) is 1.68. The maximum atomic E-state index is 12.7. The zero-order valence-corrected chi connectivity index (χ0v) is 17.3. The summed E-state index contributed by atoms with van der Waals surface area (Å²) in [5.74, 6) is -0.435. The maximum absolute atomic E-state index is 12.7. The fourth-order valence-electron chi connectivity index (χ4n) is 3.36. The Morgan fingerprint density at radius 1 is 1.00 bits per heavy atom. The number of thiazole rings is 1. The Hall–Kier alpha value is -3.14. The summed E-state index contributed by atoms with van der Waals surface area (Å²) < 4.78 is 41.8. The molecule has 1 aromatic heterocycles. The molecule has 1 fully saturated rings. The number of anilines is 1. The first-order chi connectivity index (χ1) is 14.7. The SMILES string of the molecule is CC(=O)c1ccc(C(=O)N2CCN(c3nc4ccc(OC(F)(F)F)cc4s3)CC2)cc1. The van der Waals surface area contributed by atoms with Crippen molar-refractivity contribution in [3.05, 3.63) is 53.6 Å². The van der Waals surface area contributed by atoms with E-state index in [-0.39, 0.29) is 17.4 Å². The highest BCUT2D eigenvalue weighted by atomic mass is 32.1. The minimum Gasteiger partial charge on any atom is -0.406 e. The van der Waals surface area contributed by atoms with Gasteiger partial charge in [0, 0.05) is 43.4 Å². The van der Waals surface area contributed by atoms with Crippen molar-refractivity contribution in [3.8, 4) is 5.75 Å². The van der Waals surface area contributed by atoms with Crippen LogP contribution in [0.2, 0.25) is 0 Å². The number of Topliss-reactive ketones (excluding diaryl/α,β-unsaturated/α-hetero) is 1. The molecule has 0 atom stereocenters. The number of benzene rings is 2. The monoisotopic (exact) mass is 449 g/mol. The van der Waals surface area contributed by atoms with Gasteiger partial charge in [-0.3, -0.25) is 9.59 Å². The number of ketones is 1. The zero-order chi connectivity index (χ0) is 22.2. The van der Waals surface area contributed by atoms with E-state index in [0.717, 1.165) is 0 Å². The van der Waals surface area contributed by atoms with Crippen molar-refractivity contribution >= 4 is 38.4 Å². The highest BCUT2D eigenvalue weighted by Crippen LogP contribution is 2.33. The van der Waals surface area contributed by atoms with Crippen LogP contribution in [0.1, 0.15) is 27.6 Å². The number of carbonyl (C=O) groups excluding carboxylic acids is 2. The maximum Gasteiger partial charge on any atom is 0.573 e. The molecule has 3 aromatic rings. The van der Waals surface area contributed by atoms with Crippen LogP contribution in [0, 0.1) is 0 Å². The van der Waals surface area contributed by atoms with Gasteiger partial charge in [-0.05, 0) is 31.2 Å². The molecule has 0 unspecified atom stereocenters. The van der Waals surface area contributed by atoms with Crippen molar-refractivity contribution in [3.63, 3.8) is 0 Å². The number of amides is 1. The Kier molecular flexibility index (Phi) is 5.57. The zero-order valence-electron chi connectivity index (χ0n) is 16.5. The van der Waals surface area contributed by atoms with Gasteiger partial charge < -0.3 is 14.5 Å². The predicted octanol–water partition coefficient (Wildman–Crippen LogP) is 4.36. The molecule has 1 aliphatic rings. The normalized spacial score (nSPS) is 14.7. The molecule has 0 bridgehead atoms. The Morgan fingerprint density at radius 3 is 2.26 bits per heavy atom. The molecule has 2 heterocycles. The van der Waals surface area contributed by atoms with Crippen LogP contribution in [-0.2, 0) is 0 Å². The second kappa shape index (κ2) is 8.18. The average Bonchev–Trinajstić information content (AvgIpc) is 3.15. The molecule has 6 nitrogen and oxygen atoms in total. The second-order valence-corrected chi connectivity index (χ2v) is 8.10. The molecule has 0 aliphatic carbocycles. The van der Waals surface area contributed by atoms with Gasteiger partial charge in [0.1, 0.15) is 5.75 Å². The van der Waals surface area contributed by atoms with E-state index in [2.05, 4.69) is 9.72 Å². The molecule has 1 saturated heterocycles. The summed E-state index contributed by atoms with van der Waals surface area (Å²) in [5, 5.41) is 0.692. The van der Waals surface area contributed by atoms with Crippen LogP contribution in [0.15, 0.2) is 42.5 Å². The van der Waals surface area contributed by atoms with Crippen molar-refractivity contribution in [2.45, 2.75) is 13.3 Å². The first-order valence-corrected chi connectivity index (χ1v) is 10.3. The molecule has 0 N–H and O–H groups in total. The molecular formula is C21H18F3N3O3S. The lowest BCUT2D eigenvalue weighted by molar-refractivity contribution is -0.274. The van der Waals surface area contributed by atoms with E-state index in [1.807, 2.05) is 4.90 Å². The van der Waals surface area contributed by atoms with Crippen molar-refractivity contribution in [1.82, 2.24) is 9.88 Å². The summed E-state index contributed by atoms with van der Waals surface area (Å²) in [6, 6.07) is 10.7. The minimum atomic E-state index is -4.74. The van der Waals surface area contributed by atoms with Crippen LogP contribution in [0.4, 0.5) is 18.3 Å². The molecular weight excluding hydrogens is 431 g/mol. The van der Waals surface area contributed by atoms with Crippen LogP contribution in [0.5, 0.6) is 5.75 Å². The Labute approximate surface area is 179 Å². The Bertz CT molecular complexity index is 1120. The molecule has 31 heavy (non-hydrogen) atoms. The van der Waals surface area contributed by atoms with Gasteiger partial charge in [-0.2, -0.15) is 0 Å². The lowest BCUT2D eigenvalue weighted by Crippen LogP contribution is -2.48. The minimum absolute atomic E-state index is 0.0551. The summed E-state index contributed by atoms with van der Waals surface area (Å²) in [7, 11) is 0. The molecule has 1 aliphatic heterocycles. The van der Waals surface area contributed by atoms with E-state index in [0.29, 0.717) is 52.7 Å². The van der Waals surface area contributed by atoms with E-state index in [1.54, 1.807) is 29.2 Å². The highest BCUT2D eigenvalue weighted by molar-refractivity contribution is 7.22. The third-order valence-electron chi connectivity index (χ3n) is 4.96. The number of alkyl halides is 3. The van der Waals surface area contributed by atoms with Gasteiger partial charge in [-0.1, -0.05) is 23.5 Å². The van der Waals surface area contributed by atoms with Gasteiger partial charge in [0.15, 0.2) is 10.9 Å². The number of hydrogen-bond donors (Lipinski definition) is 0. The first-order valence-electron chi connectivity index (χ1n) is 9.51. The number of nitrogens with zero attached hydrogens (tertiary/aromatic N) is 3. The fourth-order valence-corrected chi connectivity index (χ4v) is 4.40. The molecule has 2 aromatic carbocycles. The Balaban J connectivity index is 1.41. The molecule has 1 amide bonds. The third-order valence-corrected chi connectivity index (χ3v) is 6.04. The summed E-state index contributed by atoms with van der Waals surface area (Å²) >= 11 is 1.29. The summed E-state index contributed by atoms with van der Waals surface area (Å²) in [6.07, 6.45) is -4.74. The van der Waals surface area contributed by atoms with Gasteiger partial charge >= 0.3 is 6.36 Å². The number of aromatic nitrogens is 1. The van der Waals surface area contributed by atoms with E-state index in [9.17, 15) is 22.8 Å². The quantitative estimate of drug-likeness (QED) is 0.554. The smallest absolute Gasteiger partial charge is 0.406 e. The number of rotatable bonds is 4. The van der Waals surface area contributed by atoms with Gasteiger partial charge in [0.25, 0.3) is 5.91 Å². The average molecular weight is 449 g/mol. The van der Waals surface area contributed by atoms with Crippen molar-refractivity contribution < 1.29 is 27.5 Å². The van der Waals surface area contributed by atoms with Gasteiger partial charge in [0.2, 0.25) is 0 Å². The van der Waals surface area contributed by atoms with Gasteiger partial charge in [-0.15, -0.1) is 13.2 Å². The van der Waals surface area contributed by atoms with Crippen molar-refractivity contribution in [1.29, 1.82) is 0 Å². The van der Waals surface area contributed by atoms with E-state index >= 15 is 0 Å². The first kappa shape index (κ1) is 21.1. The number of fused-ring (bicyclic) bond motifs is 1. The fraction of sp³-hybridized carbons (Fsp3) is 0.286. The van der Waals surface area contributed by atoms with Crippen LogP contribution < -0.4 is 9.64 Å². The molecule has 0 saturated carbocycles. The van der Waals surface area contributed by atoms with E-state index in [1.165, 1.54) is 36.5 Å². The lowest BCUT2D eigenvalue weighted by atomic mass is 10.1. The molecule has 0 radical (unpaired) electrons. The largest absolute Gasteiger partial charge is 0.573 e. The molecule has 162 valence electrons. The standard InChI is InChI=1S/C21H18F3N3O3S/c1-13(28)14-2-4-15(5-3-14)19(29)26-8-10-27(11-9-26)20-25-17-7-6-16(12-18(17)31-20)30-21(22,23)24/h2-7,12H,8-11H2,1H3. The topological polar surface area (TPSA) is 62.7 Å². The van der Waals surface area contributed by atoms with Crippen LogP contribution in [-0.4, -0.2) is 54.1 Å². The van der Waals surface area contributed by atoms with Crippen LogP contribution in [0.3, 0.4) is 0 Å². The van der Waals surface area contributed by atoms with Gasteiger partial charge in [-0.25, -0.2) is 4.98 Å². The number of halogens is 3. The predicted molar refractivity (Wildman–Crippen MR) is 111 cm³/mol. The number of carbonyl (C=O) groups is 2. The summed E-state index contributed by atoms with van der Waals surface area (Å²) in [6.45, 7) is 3.57. The van der Waals surface area contributed by atoms with E-state index in [4.69, 9.17) is 0 Å². The number of piperazine rings is 1. The third kappa shape index (κ3) is 4.79. The van der Waals surface area contributed by atoms with Crippen molar-refractivity contribution in [2.24, 2.45) is 0 Å². The van der Waals surface area contributed by atoms with Crippen molar-refractivity contribution in [2.75, 3.05) is 31.1 Å². The number of hydrogen-bond acceptors (Lipinski definition) is 6. The Morgan fingerprint density at radius 2 is 1.65 bits per heavy atom. The molecule has 4 rings (SSSR count). The molecule has 10 heteroatoms. The highest BCUT2D eigenvalue weighted by Gasteiger charge is 2.31.